The van der Waals surface area contributed by atoms with Gasteiger partial charge in [0.25, 0.3) is 0 Å². The number of aldehydes is 1. The first-order valence-electron chi connectivity index (χ1n) is 5.72. The lowest BCUT2D eigenvalue weighted by molar-refractivity contribution is 0.111. The van der Waals surface area contributed by atoms with Crippen LogP contribution in [-0.4, -0.2) is 6.29 Å². The summed E-state index contributed by atoms with van der Waals surface area (Å²) in [4.78, 5) is 11.0. The van der Waals surface area contributed by atoms with E-state index in [1.165, 1.54) is 0 Å². The number of carbonyl (C=O) groups is 1. The van der Waals surface area contributed by atoms with Crippen LogP contribution in [0.2, 0.25) is 10.0 Å². The predicted molar refractivity (Wildman–Crippen MR) is 77.4 cm³/mol. The number of carbonyl (C=O) groups excluding carboxylic acids is 1. The lowest BCUT2D eigenvalue weighted by Gasteiger charge is -2.09. The number of hydrogen-bond acceptors (Lipinski definition) is 2. The molecule has 0 aliphatic heterocycles. The van der Waals surface area contributed by atoms with Gasteiger partial charge in [-0.1, -0.05) is 40.9 Å². The third-order valence-corrected chi connectivity index (χ3v) is 3.41. The van der Waals surface area contributed by atoms with E-state index in [1.807, 2.05) is 19.1 Å². The number of rotatable bonds is 4. The molecule has 19 heavy (non-hydrogen) atoms. The quantitative estimate of drug-likeness (QED) is 0.765. The van der Waals surface area contributed by atoms with Gasteiger partial charge in [-0.2, -0.15) is 0 Å². The van der Waals surface area contributed by atoms with Crippen molar-refractivity contribution in [2.45, 2.75) is 13.5 Å². The Hall–Kier alpha value is -1.51. The van der Waals surface area contributed by atoms with Gasteiger partial charge in [-0.25, -0.2) is 0 Å². The fourth-order valence-electron chi connectivity index (χ4n) is 1.68. The van der Waals surface area contributed by atoms with Crippen LogP contribution >= 0.6 is 23.2 Å². The highest BCUT2D eigenvalue weighted by atomic mass is 35.5. The van der Waals surface area contributed by atoms with Crippen LogP contribution in [0.15, 0.2) is 36.4 Å². The molecule has 0 amide bonds. The minimum Gasteiger partial charge on any atom is -0.488 e. The average Bonchev–Trinajstić information content (AvgIpc) is 2.41. The third-order valence-electron chi connectivity index (χ3n) is 2.67. The summed E-state index contributed by atoms with van der Waals surface area (Å²) in [6.45, 7) is 2.26. The number of ether oxygens (including phenoxy) is 1. The summed E-state index contributed by atoms with van der Waals surface area (Å²) in [5.41, 5.74) is 2.45. The maximum absolute atomic E-state index is 11.0. The molecule has 0 radical (unpaired) electrons. The van der Waals surface area contributed by atoms with Crippen LogP contribution < -0.4 is 4.74 Å². The summed E-state index contributed by atoms with van der Waals surface area (Å²) < 4.78 is 5.63. The Labute approximate surface area is 121 Å². The summed E-state index contributed by atoms with van der Waals surface area (Å²) in [6, 6.07) is 10.8. The molecule has 98 valence electrons. The van der Waals surface area contributed by atoms with Crippen molar-refractivity contribution in [3.63, 3.8) is 0 Å². The first-order valence-corrected chi connectivity index (χ1v) is 6.48. The van der Waals surface area contributed by atoms with E-state index >= 15 is 0 Å². The standard InChI is InChI=1S/C15H12Cl2O2/c1-10-2-5-15(12(6-10)8-18)19-9-11-3-4-13(16)14(17)7-11/h2-8H,9H2,1H3. The van der Waals surface area contributed by atoms with Crippen molar-refractivity contribution in [1.82, 2.24) is 0 Å². The maximum atomic E-state index is 11.0. The SMILES string of the molecule is Cc1ccc(OCc2ccc(Cl)c(Cl)c2)c(C=O)c1. The van der Waals surface area contributed by atoms with Crippen LogP contribution in [0.3, 0.4) is 0 Å². The highest BCUT2D eigenvalue weighted by Gasteiger charge is 2.05. The minimum atomic E-state index is 0.334. The molecular weight excluding hydrogens is 283 g/mol. The second-order valence-electron chi connectivity index (χ2n) is 4.20. The molecule has 2 rings (SSSR count). The van der Waals surface area contributed by atoms with Gasteiger partial charge in [-0.3, -0.25) is 4.79 Å². The zero-order chi connectivity index (χ0) is 13.8. The van der Waals surface area contributed by atoms with E-state index in [0.29, 0.717) is 28.0 Å². The summed E-state index contributed by atoms with van der Waals surface area (Å²) >= 11 is 11.8. The van der Waals surface area contributed by atoms with Crippen LogP contribution in [0.5, 0.6) is 5.75 Å². The van der Waals surface area contributed by atoms with Gasteiger partial charge in [0.15, 0.2) is 6.29 Å². The Morgan fingerprint density at radius 3 is 2.58 bits per heavy atom. The number of halogens is 2. The molecule has 2 aromatic rings. The zero-order valence-corrected chi connectivity index (χ0v) is 11.8. The number of hydrogen-bond donors (Lipinski definition) is 0. The van der Waals surface area contributed by atoms with Crippen molar-refractivity contribution < 1.29 is 9.53 Å². The summed E-state index contributed by atoms with van der Waals surface area (Å²) in [5.74, 6) is 0.562. The van der Waals surface area contributed by atoms with Gasteiger partial charge < -0.3 is 4.74 Å². The molecule has 0 N–H and O–H groups in total. The van der Waals surface area contributed by atoms with Crippen molar-refractivity contribution in [1.29, 1.82) is 0 Å². The van der Waals surface area contributed by atoms with E-state index in [9.17, 15) is 4.79 Å². The maximum Gasteiger partial charge on any atom is 0.153 e. The lowest BCUT2D eigenvalue weighted by Crippen LogP contribution is -1.98. The molecule has 2 nitrogen and oxygen atoms in total. The topological polar surface area (TPSA) is 26.3 Å². The van der Waals surface area contributed by atoms with E-state index in [0.717, 1.165) is 17.4 Å². The fourth-order valence-corrected chi connectivity index (χ4v) is 2.00. The van der Waals surface area contributed by atoms with Crippen LogP contribution in [0.4, 0.5) is 0 Å². The molecule has 2 aromatic carbocycles. The second kappa shape index (κ2) is 6.09. The minimum absolute atomic E-state index is 0.334. The average molecular weight is 295 g/mol. The molecule has 0 fully saturated rings. The fraction of sp³-hybridized carbons (Fsp3) is 0.133. The first kappa shape index (κ1) is 13.9. The molecule has 0 aliphatic carbocycles. The molecule has 0 saturated carbocycles. The van der Waals surface area contributed by atoms with E-state index < -0.39 is 0 Å². The number of aryl methyl sites for hydroxylation is 1. The Bertz CT molecular complexity index is 609. The smallest absolute Gasteiger partial charge is 0.153 e. The monoisotopic (exact) mass is 294 g/mol. The largest absolute Gasteiger partial charge is 0.488 e. The molecule has 0 heterocycles. The van der Waals surface area contributed by atoms with Gasteiger partial charge in [-0.05, 0) is 36.8 Å². The van der Waals surface area contributed by atoms with Crippen LogP contribution in [0, 0.1) is 6.92 Å². The van der Waals surface area contributed by atoms with Crippen molar-refractivity contribution in [2.24, 2.45) is 0 Å². The Balaban J connectivity index is 2.14. The lowest BCUT2D eigenvalue weighted by atomic mass is 10.1. The number of benzene rings is 2. The normalized spacial score (nSPS) is 10.3. The van der Waals surface area contributed by atoms with Gasteiger partial charge in [0.05, 0.1) is 15.6 Å². The highest BCUT2D eigenvalue weighted by Crippen LogP contribution is 2.24. The Morgan fingerprint density at radius 1 is 1.11 bits per heavy atom. The molecule has 4 heteroatoms. The Morgan fingerprint density at radius 2 is 1.89 bits per heavy atom. The van der Waals surface area contributed by atoms with Crippen molar-refractivity contribution >= 4 is 29.5 Å². The van der Waals surface area contributed by atoms with Crippen molar-refractivity contribution in [2.75, 3.05) is 0 Å². The zero-order valence-electron chi connectivity index (χ0n) is 10.3. The molecule has 0 aromatic heterocycles. The predicted octanol–water partition coefficient (Wildman–Crippen LogP) is 4.69. The molecule has 0 bridgehead atoms. The van der Waals surface area contributed by atoms with Gasteiger partial charge in [0.1, 0.15) is 12.4 Å². The van der Waals surface area contributed by atoms with Gasteiger partial charge in [0.2, 0.25) is 0 Å². The van der Waals surface area contributed by atoms with Crippen molar-refractivity contribution in [3.8, 4) is 5.75 Å². The van der Waals surface area contributed by atoms with E-state index in [4.69, 9.17) is 27.9 Å². The Kier molecular flexibility index (Phi) is 4.46. The van der Waals surface area contributed by atoms with Crippen LogP contribution in [0.1, 0.15) is 21.5 Å². The van der Waals surface area contributed by atoms with Gasteiger partial charge in [-0.15, -0.1) is 0 Å². The van der Waals surface area contributed by atoms with E-state index in [-0.39, 0.29) is 0 Å². The summed E-state index contributed by atoms with van der Waals surface area (Å²) in [7, 11) is 0. The van der Waals surface area contributed by atoms with E-state index in [1.54, 1.807) is 24.3 Å². The molecule has 0 unspecified atom stereocenters. The third kappa shape index (κ3) is 3.49. The molecule has 0 aliphatic rings. The van der Waals surface area contributed by atoms with Crippen molar-refractivity contribution in [3.05, 3.63) is 63.1 Å². The van der Waals surface area contributed by atoms with E-state index in [2.05, 4.69) is 0 Å². The first-order chi connectivity index (χ1) is 9.10. The summed E-state index contributed by atoms with van der Waals surface area (Å²) in [6.07, 6.45) is 0.789. The van der Waals surface area contributed by atoms with Crippen LogP contribution in [0.25, 0.3) is 0 Å². The highest BCUT2D eigenvalue weighted by molar-refractivity contribution is 6.42. The van der Waals surface area contributed by atoms with Gasteiger partial charge >= 0.3 is 0 Å². The molecule has 0 spiro atoms. The molecule has 0 saturated heterocycles. The molecular formula is C15H12Cl2O2. The van der Waals surface area contributed by atoms with Gasteiger partial charge in [0, 0.05) is 0 Å². The van der Waals surface area contributed by atoms with Crippen LogP contribution in [-0.2, 0) is 6.61 Å². The molecule has 0 atom stereocenters. The summed E-state index contributed by atoms with van der Waals surface area (Å²) in [5, 5.41) is 0.997. The second-order valence-corrected chi connectivity index (χ2v) is 5.01.